The number of rotatable bonds is 2. The maximum Gasteiger partial charge on any atom is 0.0400 e. The Morgan fingerprint density at radius 1 is 0.640 bits per heavy atom. The van der Waals surface area contributed by atoms with Crippen molar-refractivity contribution in [2.75, 3.05) is 5.73 Å². The fraction of sp³-hybridized carbons (Fsp3) is 0.0833. The minimum absolute atomic E-state index is 0.827. The van der Waals surface area contributed by atoms with E-state index in [9.17, 15) is 0 Å². The molecule has 0 heterocycles. The lowest BCUT2D eigenvalue weighted by molar-refractivity contribution is 1.39. The minimum Gasteiger partial charge on any atom is -0.398 e. The first kappa shape index (κ1) is 15.5. The Labute approximate surface area is 148 Å². The first-order chi connectivity index (χ1) is 12.1. The molecule has 0 saturated heterocycles. The lowest BCUT2D eigenvalue weighted by Gasteiger charge is -2.16. The summed E-state index contributed by atoms with van der Waals surface area (Å²) >= 11 is 0. The molecule has 2 N–H and O–H groups in total. The molecule has 0 aliphatic heterocycles. The van der Waals surface area contributed by atoms with Crippen LogP contribution in [0, 0.1) is 13.8 Å². The van der Waals surface area contributed by atoms with Gasteiger partial charge in [0.25, 0.3) is 0 Å². The zero-order valence-corrected chi connectivity index (χ0v) is 14.6. The van der Waals surface area contributed by atoms with E-state index in [1.165, 1.54) is 38.6 Å². The predicted octanol–water partition coefficient (Wildman–Crippen LogP) is 6.37. The highest BCUT2D eigenvalue weighted by atomic mass is 14.6. The molecule has 0 aliphatic rings. The third kappa shape index (κ3) is 2.68. The summed E-state index contributed by atoms with van der Waals surface area (Å²) < 4.78 is 0. The molecule has 122 valence electrons. The quantitative estimate of drug-likeness (QED) is 0.426. The van der Waals surface area contributed by atoms with Crippen molar-refractivity contribution in [3.05, 3.63) is 90.0 Å². The van der Waals surface area contributed by atoms with Gasteiger partial charge in [0, 0.05) is 11.3 Å². The number of benzene rings is 4. The molecule has 0 radical (unpaired) electrons. The van der Waals surface area contributed by atoms with Crippen LogP contribution in [0.1, 0.15) is 11.1 Å². The average Bonchev–Trinajstić information content (AvgIpc) is 2.64. The van der Waals surface area contributed by atoms with Crippen molar-refractivity contribution < 1.29 is 0 Å². The molecule has 1 nitrogen and oxygen atoms in total. The summed E-state index contributed by atoms with van der Waals surface area (Å²) in [7, 11) is 0. The Hall–Kier alpha value is -3.06. The molecule has 0 unspecified atom stereocenters. The van der Waals surface area contributed by atoms with Crippen LogP contribution in [0.3, 0.4) is 0 Å². The van der Waals surface area contributed by atoms with Gasteiger partial charge in [0.05, 0.1) is 0 Å². The molecule has 1 heteroatoms. The maximum atomic E-state index is 6.39. The van der Waals surface area contributed by atoms with Gasteiger partial charge in [0.1, 0.15) is 0 Å². The second-order valence-corrected chi connectivity index (χ2v) is 6.60. The second-order valence-electron chi connectivity index (χ2n) is 6.60. The highest BCUT2D eigenvalue weighted by Crippen LogP contribution is 2.38. The molecular formula is C24H21N. The van der Waals surface area contributed by atoms with Gasteiger partial charge in [0.2, 0.25) is 0 Å². The number of nitrogens with two attached hydrogens (primary N) is 1. The van der Waals surface area contributed by atoms with Gasteiger partial charge in [-0.15, -0.1) is 0 Å². The smallest absolute Gasteiger partial charge is 0.0400 e. The van der Waals surface area contributed by atoms with Crippen LogP contribution in [0.5, 0.6) is 0 Å². The number of fused-ring (bicyclic) bond motifs is 1. The van der Waals surface area contributed by atoms with Crippen molar-refractivity contribution in [1.29, 1.82) is 0 Å². The molecular weight excluding hydrogens is 302 g/mol. The molecule has 4 aromatic carbocycles. The van der Waals surface area contributed by atoms with Gasteiger partial charge in [-0.25, -0.2) is 0 Å². The molecule has 0 spiro atoms. The van der Waals surface area contributed by atoms with Gasteiger partial charge in [0.15, 0.2) is 0 Å². The Bertz CT molecular complexity index is 1060. The molecule has 25 heavy (non-hydrogen) atoms. The van der Waals surface area contributed by atoms with Crippen molar-refractivity contribution in [2.24, 2.45) is 0 Å². The molecule has 0 aliphatic carbocycles. The van der Waals surface area contributed by atoms with Crippen molar-refractivity contribution in [3.8, 4) is 22.3 Å². The summed E-state index contributed by atoms with van der Waals surface area (Å²) in [6.45, 7) is 4.34. The maximum absolute atomic E-state index is 6.39. The lowest BCUT2D eigenvalue weighted by atomic mass is 9.89. The van der Waals surface area contributed by atoms with Crippen molar-refractivity contribution in [1.82, 2.24) is 0 Å². The lowest BCUT2D eigenvalue weighted by Crippen LogP contribution is -1.95. The largest absolute Gasteiger partial charge is 0.398 e. The summed E-state index contributed by atoms with van der Waals surface area (Å²) in [5.74, 6) is 0. The van der Waals surface area contributed by atoms with Crippen LogP contribution >= 0.6 is 0 Å². The third-order valence-electron chi connectivity index (χ3n) is 4.89. The number of aryl methyl sites for hydroxylation is 2. The molecule has 4 aromatic rings. The van der Waals surface area contributed by atoms with Crippen LogP contribution in [0.2, 0.25) is 0 Å². The third-order valence-corrected chi connectivity index (χ3v) is 4.89. The fourth-order valence-electron chi connectivity index (χ4n) is 3.60. The van der Waals surface area contributed by atoms with E-state index in [0.29, 0.717) is 0 Å². The molecule has 0 atom stereocenters. The fourth-order valence-corrected chi connectivity index (χ4v) is 3.60. The van der Waals surface area contributed by atoms with Crippen LogP contribution < -0.4 is 5.73 Å². The molecule has 0 fully saturated rings. The topological polar surface area (TPSA) is 26.0 Å². The van der Waals surface area contributed by atoms with E-state index >= 15 is 0 Å². The van der Waals surface area contributed by atoms with Crippen molar-refractivity contribution in [3.63, 3.8) is 0 Å². The average molecular weight is 323 g/mol. The van der Waals surface area contributed by atoms with Gasteiger partial charge in [-0.1, -0.05) is 72.8 Å². The Morgan fingerprint density at radius 3 is 2.08 bits per heavy atom. The number of hydrogen-bond acceptors (Lipinski definition) is 1. The number of anilines is 1. The highest BCUT2D eigenvalue weighted by molar-refractivity contribution is 6.03. The summed E-state index contributed by atoms with van der Waals surface area (Å²) in [4.78, 5) is 0. The van der Waals surface area contributed by atoms with E-state index < -0.39 is 0 Å². The summed E-state index contributed by atoms with van der Waals surface area (Å²) in [5.41, 5.74) is 14.6. The zero-order chi connectivity index (χ0) is 17.4. The molecule has 0 bridgehead atoms. The zero-order valence-electron chi connectivity index (χ0n) is 14.6. The van der Waals surface area contributed by atoms with E-state index in [0.717, 1.165) is 11.3 Å². The standard InChI is InChI=1S/C24H21N/c1-16-15-22(17(2)14-21(16)18-8-4-3-5-9-18)24-20-11-7-6-10-19(20)12-13-23(24)25/h3-15H,25H2,1-2H3. The van der Waals surface area contributed by atoms with E-state index in [2.05, 4.69) is 86.6 Å². The Kier molecular flexibility index (Phi) is 3.77. The monoisotopic (exact) mass is 323 g/mol. The molecule has 0 saturated carbocycles. The Balaban J connectivity index is 1.97. The summed E-state index contributed by atoms with van der Waals surface area (Å²) in [5, 5.41) is 2.42. The van der Waals surface area contributed by atoms with E-state index in [1.54, 1.807) is 0 Å². The van der Waals surface area contributed by atoms with E-state index in [-0.39, 0.29) is 0 Å². The van der Waals surface area contributed by atoms with Crippen LogP contribution in [-0.2, 0) is 0 Å². The van der Waals surface area contributed by atoms with Crippen LogP contribution in [-0.4, -0.2) is 0 Å². The van der Waals surface area contributed by atoms with E-state index in [4.69, 9.17) is 5.73 Å². The predicted molar refractivity (Wildman–Crippen MR) is 109 cm³/mol. The summed E-state index contributed by atoms with van der Waals surface area (Å²) in [6, 6.07) is 27.6. The molecule has 4 rings (SSSR count). The van der Waals surface area contributed by atoms with Gasteiger partial charge in [-0.3, -0.25) is 0 Å². The van der Waals surface area contributed by atoms with Crippen molar-refractivity contribution >= 4 is 16.5 Å². The normalized spacial score (nSPS) is 11.0. The van der Waals surface area contributed by atoms with Gasteiger partial charge in [-0.05, 0) is 58.5 Å². The van der Waals surface area contributed by atoms with Gasteiger partial charge < -0.3 is 5.73 Å². The minimum atomic E-state index is 0.827. The Morgan fingerprint density at radius 2 is 1.28 bits per heavy atom. The van der Waals surface area contributed by atoms with Crippen LogP contribution in [0.4, 0.5) is 5.69 Å². The first-order valence-corrected chi connectivity index (χ1v) is 8.59. The highest BCUT2D eigenvalue weighted by Gasteiger charge is 2.13. The number of hydrogen-bond donors (Lipinski definition) is 1. The SMILES string of the molecule is Cc1cc(-c2c(N)ccc3ccccc23)c(C)cc1-c1ccccc1. The van der Waals surface area contributed by atoms with Crippen molar-refractivity contribution in [2.45, 2.75) is 13.8 Å². The van der Waals surface area contributed by atoms with Crippen LogP contribution in [0.15, 0.2) is 78.9 Å². The summed E-state index contributed by atoms with van der Waals surface area (Å²) in [6.07, 6.45) is 0. The van der Waals surface area contributed by atoms with Gasteiger partial charge >= 0.3 is 0 Å². The molecule has 0 aromatic heterocycles. The van der Waals surface area contributed by atoms with Crippen LogP contribution in [0.25, 0.3) is 33.0 Å². The number of nitrogen functional groups attached to an aromatic ring is 1. The molecule has 0 amide bonds. The second kappa shape index (κ2) is 6.10. The van der Waals surface area contributed by atoms with E-state index in [1.807, 2.05) is 6.07 Å². The van der Waals surface area contributed by atoms with Gasteiger partial charge in [-0.2, -0.15) is 0 Å². The first-order valence-electron chi connectivity index (χ1n) is 8.59.